The first kappa shape index (κ1) is 8.43. The van der Waals surface area contributed by atoms with Crippen molar-refractivity contribution in [3.8, 4) is 0 Å². The first-order chi connectivity index (χ1) is 3.25. The second kappa shape index (κ2) is 1.99. The van der Waals surface area contributed by atoms with E-state index in [1.807, 2.05) is 0 Å². The molecule has 0 fully saturated rings. The van der Waals surface area contributed by atoms with E-state index in [2.05, 4.69) is 40.8 Å². The minimum absolute atomic E-state index is 0.549. The fourth-order valence-electron chi connectivity index (χ4n) is 0. The summed E-state index contributed by atoms with van der Waals surface area (Å²) in [5.74, 6) is 0. The van der Waals surface area contributed by atoms with Crippen molar-refractivity contribution < 1.29 is 0 Å². The quantitative estimate of drug-likeness (QED) is 0.446. The SMILES string of the molecule is CC(C)(C)[P](C)(C)C. The van der Waals surface area contributed by atoms with E-state index < -0.39 is 7.26 Å². The molecule has 0 nitrogen and oxygen atoms in total. The molecular formula is C7H18P. The van der Waals surface area contributed by atoms with Crippen LogP contribution in [0, 0.1) is 0 Å². The summed E-state index contributed by atoms with van der Waals surface area (Å²) in [5, 5.41) is 0.549. The zero-order valence-electron chi connectivity index (χ0n) is 6.95. The minimum Gasteiger partial charge on any atom is -0.129 e. The molecule has 0 aliphatic heterocycles. The second-order valence-electron chi connectivity index (χ2n) is 4.18. The Morgan fingerprint density at radius 3 is 1.00 bits per heavy atom. The van der Waals surface area contributed by atoms with Gasteiger partial charge in [0, 0.05) is 0 Å². The van der Waals surface area contributed by atoms with Crippen molar-refractivity contribution in [1.82, 2.24) is 0 Å². The maximum Gasteiger partial charge on any atom is -0.0220 e. The molecule has 51 valence electrons. The van der Waals surface area contributed by atoms with Crippen LogP contribution in [0.1, 0.15) is 20.8 Å². The standard InChI is InChI=1S/C7H18P/c1-7(2,3)8(4,5)6/h1-6H3. The van der Waals surface area contributed by atoms with Crippen LogP contribution in [0.4, 0.5) is 0 Å². The van der Waals surface area contributed by atoms with Gasteiger partial charge in [0.05, 0.1) is 0 Å². The van der Waals surface area contributed by atoms with Crippen molar-refractivity contribution in [2.45, 2.75) is 25.9 Å². The highest BCUT2D eigenvalue weighted by Gasteiger charge is 2.24. The van der Waals surface area contributed by atoms with Crippen molar-refractivity contribution in [2.75, 3.05) is 20.0 Å². The zero-order valence-corrected chi connectivity index (χ0v) is 7.84. The average Bonchev–Trinajstić information content (AvgIpc) is 1.25. The second-order valence-corrected chi connectivity index (χ2v) is 9.55. The Balaban J connectivity index is 4.02. The van der Waals surface area contributed by atoms with Gasteiger partial charge in [0.25, 0.3) is 0 Å². The highest BCUT2D eigenvalue weighted by Crippen LogP contribution is 2.58. The molecule has 0 aliphatic carbocycles. The van der Waals surface area contributed by atoms with Crippen LogP contribution in [-0.4, -0.2) is 25.2 Å². The lowest BCUT2D eigenvalue weighted by Gasteiger charge is -2.37. The normalized spacial score (nSPS) is 14.2. The molecule has 0 bridgehead atoms. The largest absolute Gasteiger partial charge is 0.129 e. The third-order valence-corrected chi connectivity index (χ3v) is 6.04. The Morgan fingerprint density at radius 2 is 1.00 bits per heavy atom. The molecule has 0 aromatic rings. The monoisotopic (exact) mass is 133 g/mol. The molecule has 1 heteroatoms. The van der Waals surface area contributed by atoms with E-state index in [-0.39, 0.29) is 0 Å². The molecule has 0 saturated carbocycles. The van der Waals surface area contributed by atoms with Gasteiger partial charge >= 0.3 is 0 Å². The molecular weight excluding hydrogens is 115 g/mol. The van der Waals surface area contributed by atoms with Crippen LogP contribution in [0.5, 0.6) is 0 Å². The highest BCUT2D eigenvalue weighted by molar-refractivity contribution is 7.75. The Kier molecular flexibility index (Phi) is 2.10. The van der Waals surface area contributed by atoms with Crippen molar-refractivity contribution in [2.24, 2.45) is 0 Å². The summed E-state index contributed by atoms with van der Waals surface area (Å²) >= 11 is 0. The van der Waals surface area contributed by atoms with E-state index in [1.165, 1.54) is 0 Å². The third kappa shape index (κ3) is 2.13. The van der Waals surface area contributed by atoms with Crippen LogP contribution in [0.15, 0.2) is 0 Å². The molecule has 1 radical (unpaired) electrons. The molecule has 0 unspecified atom stereocenters. The lowest BCUT2D eigenvalue weighted by molar-refractivity contribution is 0.778. The van der Waals surface area contributed by atoms with Gasteiger partial charge in [-0.3, -0.25) is 0 Å². The average molecular weight is 133 g/mol. The molecule has 0 N–H and O–H groups in total. The number of hydrogen-bond donors (Lipinski definition) is 0. The molecule has 0 atom stereocenters. The fourth-order valence-corrected chi connectivity index (χ4v) is 0. The molecule has 0 amide bonds. The molecule has 0 rings (SSSR count). The lowest BCUT2D eigenvalue weighted by atomic mass is 10.3. The Labute approximate surface area is 54.0 Å². The summed E-state index contributed by atoms with van der Waals surface area (Å²) in [5.41, 5.74) is 0. The van der Waals surface area contributed by atoms with Gasteiger partial charge in [0.1, 0.15) is 0 Å². The maximum absolute atomic E-state index is 2.38. The third-order valence-electron chi connectivity index (χ3n) is 2.01. The molecule has 0 heterocycles. The molecule has 8 heavy (non-hydrogen) atoms. The summed E-state index contributed by atoms with van der Waals surface area (Å²) in [4.78, 5) is 0. The van der Waals surface area contributed by atoms with Gasteiger partial charge in [-0.05, 0) is 25.2 Å². The van der Waals surface area contributed by atoms with E-state index in [9.17, 15) is 0 Å². The first-order valence-corrected chi connectivity index (χ1v) is 6.20. The van der Waals surface area contributed by atoms with E-state index in [0.717, 1.165) is 0 Å². The smallest absolute Gasteiger partial charge is 0.0220 e. The van der Waals surface area contributed by atoms with Crippen molar-refractivity contribution in [1.29, 1.82) is 0 Å². The fraction of sp³-hybridized carbons (Fsp3) is 1.00. The molecule has 0 aromatic carbocycles. The summed E-state index contributed by atoms with van der Waals surface area (Å²) in [7, 11) is -0.600. The van der Waals surface area contributed by atoms with Gasteiger partial charge in [0.15, 0.2) is 0 Å². The molecule has 0 spiro atoms. The predicted octanol–water partition coefficient (Wildman–Crippen LogP) is 2.69. The molecule has 0 saturated heterocycles. The van der Waals surface area contributed by atoms with Gasteiger partial charge < -0.3 is 0 Å². The van der Waals surface area contributed by atoms with Gasteiger partial charge in [-0.1, -0.05) is 20.8 Å². The predicted molar refractivity (Wildman–Crippen MR) is 44.4 cm³/mol. The maximum atomic E-state index is 2.38. The zero-order chi connectivity index (χ0) is 7.00. The van der Waals surface area contributed by atoms with Gasteiger partial charge in [-0.2, -0.15) is 0 Å². The van der Waals surface area contributed by atoms with Gasteiger partial charge in [-0.15, -0.1) is 7.26 Å². The lowest BCUT2D eigenvalue weighted by Crippen LogP contribution is -2.17. The Morgan fingerprint density at radius 1 is 0.875 bits per heavy atom. The highest BCUT2D eigenvalue weighted by atomic mass is 31.2. The summed E-state index contributed by atoms with van der Waals surface area (Å²) in [6.07, 6.45) is 0. The van der Waals surface area contributed by atoms with Crippen LogP contribution in [0.3, 0.4) is 0 Å². The van der Waals surface area contributed by atoms with Crippen molar-refractivity contribution >= 4 is 7.26 Å². The minimum atomic E-state index is -0.600. The summed E-state index contributed by atoms with van der Waals surface area (Å²) in [6.45, 7) is 14.1. The van der Waals surface area contributed by atoms with Crippen LogP contribution in [-0.2, 0) is 0 Å². The first-order valence-electron chi connectivity index (χ1n) is 3.07. The number of rotatable bonds is 0. The summed E-state index contributed by atoms with van der Waals surface area (Å²) < 4.78 is 0. The topological polar surface area (TPSA) is 0 Å². The van der Waals surface area contributed by atoms with E-state index in [0.29, 0.717) is 5.16 Å². The van der Waals surface area contributed by atoms with E-state index in [4.69, 9.17) is 0 Å². The van der Waals surface area contributed by atoms with Crippen LogP contribution in [0.25, 0.3) is 0 Å². The van der Waals surface area contributed by atoms with Crippen molar-refractivity contribution in [3.63, 3.8) is 0 Å². The van der Waals surface area contributed by atoms with Crippen LogP contribution in [0.2, 0.25) is 0 Å². The molecule has 0 aromatic heterocycles. The van der Waals surface area contributed by atoms with Crippen molar-refractivity contribution in [3.05, 3.63) is 0 Å². The van der Waals surface area contributed by atoms with E-state index >= 15 is 0 Å². The number of hydrogen-bond acceptors (Lipinski definition) is 0. The summed E-state index contributed by atoms with van der Waals surface area (Å²) in [6, 6.07) is 0. The van der Waals surface area contributed by atoms with Crippen LogP contribution >= 0.6 is 7.26 Å². The Hall–Kier alpha value is 0.430. The molecule has 0 aliphatic rings. The van der Waals surface area contributed by atoms with Gasteiger partial charge in [0.2, 0.25) is 0 Å². The van der Waals surface area contributed by atoms with Gasteiger partial charge in [-0.25, -0.2) is 0 Å². The Bertz CT molecular complexity index is 59.4. The van der Waals surface area contributed by atoms with E-state index in [1.54, 1.807) is 0 Å². The van der Waals surface area contributed by atoms with Crippen LogP contribution < -0.4 is 0 Å².